The quantitative estimate of drug-likeness (QED) is 0.913. The van der Waals surface area contributed by atoms with E-state index < -0.39 is 0 Å². The molecule has 4 heteroatoms. The molecule has 0 bridgehead atoms. The van der Waals surface area contributed by atoms with Gasteiger partial charge in [-0.3, -0.25) is 0 Å². The van der Waals surface area contributed by atoms with Gasteiger partial charge in [0.25, 0.3) is 0 Å². The minimum absolute atomic E-state index is 0.0707. The van der Waals surface area contributed by atoms with Crippen LogP contribution >= 0.6 is 15.9 Å². The predicted octanol–water partition coefficient (Wildman–Crippen LogP) is 2.92. The highest BCUT2D eigenvalue weighted by Crippen LogP contribution is 2.31. The summed E-state index contributed by atoms with van der Waals surface area (Å²) in [5, 5.41) is 12.5. The topological polar surface area (TPSA) is 39.1 Å². The van der Waals surface area contributed by atoms with Gasteiger partial charge in [-0.25, -0.2) is 0 Å². The molecule has 1 aromatic carbocycles. The second-order valence-corrected chi connectivity index (χ2v) is 6.21. The number of nitrogens with zero attached hydrogens (tertiary/aromatic N) is 2. The Morgan fingerprint density at radius 1 is 1.50 bits per heavy atom. The zero-order chi connectivity index (χ0) is 13.2. The van der Waals surface area contributed by atoms with Crippen molar-refractivity contribution in [1.82, 2.24) is 5.32 Å². The van der Waals surface area contributed by atoms with Crippen molar-refractivity contribution in [2.45, 2.75) is 31.8 Å². The van der Waals surface area contributed by atoms with Gasteiger partial charge >= 0.3 is 0 Å². The van der Waals surface area contributed by atoms with Gasteiger partial charge in [-0.1, -0.05) is 12.1 Å². The number of hydrogen-bond acceptors (Lipinski definition) is 3. The van der Waals surface area contributed by atoms with E-state index in [1.807, 2.05) is 18.2 Å². The maximum Gasteiger partial charge on any atom is 0.0643 e. The summed E-state index contributed by atoms with van der Waals surface area (Å²) in [4.78, 5) is 2.34. The average Bonchev–Trinajstić information content (AvgIpc) is 2.32. The average molecular weight is 308 g/mol. The van der Waals surface area contributed by atoms with Crippen molar-refractivity contribution in [3.63, 3.8) is 0 Å². The molecule has 1 heterocycles. The molecular formula is C14H18BrN3. The van der Waals surface area contributed by atoms with Crippen LogP contribution in [0.5, 0.6) is 0 Å². The summed E-state index contributed by atoms with van der Waals surface area (Å²) in [5.74, 6) is 0. The number of benzene rings is 1. The lowest BCUT2D eigenvalue weighted by molar-refractivity contribution is 0.311. The molecule has 0 aromatic heterocycles. The molecule has 0 aliphatic carbocycles. The van der Waals surface area contributed by atoms with Crippen LogP contribution in [0.2, 0.25) is 0 Å². The van der Waals surface area contributed by atoms with Crippen LogP contribution in [-0.4, -0.2) is 24.7 Å². The Kier molecular flexibility index (Phi) is 3.94. The lowest BCUT2D eigenvalue weighted by Crippen LogP contribution is -2.61. The number of hydrogen-bond donors (Lipinski definition) is 1. The summed E-state index contributed by atoms with van der Waals surface area (Å²) in [6, 6.07) is 10.7. The van der Waals surface area contributed by atoms with E-state index >= 15 is 0 Å². The van der Waals surface area contributed by atoms with Gasteiger partial charge in [0.1, 0.15) is 0 Å². The highest BCUT2D eigenvalue weighted by molar-refractivity contribution is 9.10. The fraction of sp³-hybridized carbons (Fsp3) is 0.500. The van der Waals surface area contributed by atoms with E-state index in [0.717, 1.165) is 17.6 Å². The van der Waals surface area contributed by atoms with Crippen molar-refractivity contribution in [3.05, 3.63) is 28.7 Å². The van der Waals surface area contributed by atoms with Gasteiger partial charge in [0.2, 0.25) is 0 Å². The van der Waals surface area contributed by atoms with Crippen molar-refractivity contribution in [1.29, 1.82) is 5.26 Å². The Morgan fingerprint density at radius 3 is 2.89 bits per heavy atom. The Hall–Kier alpha value is -1.05. The Labute approximate surface area is 117 Å². The number of rotatable bonds is 2. The van der Waals surface area contributed by atoms with E-state index in [2.05, 4.69) is 52.1 Å². The maximum absolute atomic E-state index is 8.97. The molecule has 1 saturated heterocycles. The van der Waals surface area contributed by atoms with E-state index in [9.17, 15) is 0 Å². The highest BCUT2D eigenvalue weighted by atomic mass is 79.9. The Bertz CT molecular complexity index is 464. The fourth-order valence-corrected chi connectivity index (χ4v) is 2.88. The second kappa shape index (κ2) is 5.29. The van der Waals surface area contributed by atoms with Gasteiger partial charge in [0.15, 0.2) is 0 Å². The third-order valence-electron chi connectivity index (χ3n) is 3.31. The molecule has 18 heavy (non-hydrogen) atoms. The summed E-state index contributed by atoms with van der Waals surface area (Å²) in [6.45, 7) is 6.14. The van der Waals surface area contributed by atoms with Gasteiger partial charge in [-0.05, 0) is 41.9 Å². The molecule has 1 aliphatic heterocycles. The van der Waals surface area contributed by atoms with Crippen molar-refractivity contribution in [2.24, 2.45) is 0 Å². The Morgan fingerprint density at radius 2 is 2.22 bits per heavy atom. The van der Waals surface area contributed by atoms with Crippen LogP contribution in [0.3, 0.4) is 0 Å². The molecular weight excluding hydrogens is 290 g/mol. The van der Waals surface area contributed by atoms with E-state index in [0.29, 0.717) is 6.42 Å². The smallest absolute Gasteiger partial charge is 0.0643 e. The zero-order valence-electron chi connectivity index (χ0n) is 10.8. The maximum atomic E-state index is 8.97. The third kappa shape index (κ3) is 2.85. The molecule has 0 amide bonds. The third-order valence-corrected chi connectivity index (χ3v) is 3.98. The number of piperazine rings is 1. The molecule has 1 unspecified atom stereocenters. The molecule has 1 aliphatic rings. The van der Waals surface area contributed by atoms with E-state index in [1.54, 1.807) is 0 Å². The Balaban J connectivity index is 2.31. The molecule has 1 aromatic rings. The lowest BCUT2D eigenvalue weighted by Gasteiger charge is -2.45. The molecule has 3 nitrogen and oxygen atoms in total. The molecule has 1 N–H and O–H groups in total. The first-order valence-corrected chi connectivity index (χ1v) is 6.96. The number of nitriles is 1. The first-order chi connectivity index (χ1) is 8.53. The molecule has 0 spiro atoms. The SMILES string of the molecule is CC1(C)CN(c2ccccc2Br)C(CC#N)CN1. The van der Waals surface area contributed by atoms with E-state index in [4.69, 9.17) is 5.26 Å². The van der Waals surface area contributed by atoms with Crippen LogP contribution in [0.1, 0.15) is 20.3 Å². The molecule has 0 saturated carbocycles. The summed E-state index contributed by atoms with van der Waals surface area (Å²) >= 11 is 3.60. The molecule has 1 fully saturated rings. The van der Waals surface area contributed by atoms with Gasteiger partial charge in [0.05, 0.1) is 24.2 Å². The lowest BCUT2D eigenvalue weighted by atomic mass is 9.97. The molecule has 96 valence electrons. The van der Waals surface area contributed by atoms with Crippen LogP contribution in [0.15, 0.2) is 28.7 Å². The standard InChI is InChI=1S/C14H18BrN3/c1-14(2)10-18(11(7-8-16)9-17-14)13-6-4-3-5-12(13)15/h3-6,11,17H,7,9-10H2,1-2H3. The zero-order valence-corrected chi connectivity index (χ0v) is 12.4. The van der Waals surface area contributed by atoms with Gasteiger partial charge in [-0.15, -0.1) is 0 Å². The highest BCUT2D eigenvalue weighted by Gasteiger charge is 2.33. The molecule has 2 rings (SSSR count). The van der Waals surface area contributed by atoms with Crippen molar-refractivity contribution in [2.75, 3.05) is 18.0 Å². The van der Waals surface area contributed by atoms with Crippen LogP contribution in [0.4, 0.5) is 5.69 Å². The second-order valence-electron chi connectivity index (χ2n) is 5.36. The minimum Gasteiger partial charge on any atom is -0.363 e. The number of para-hydroxylation sites is 1. The van der Waals surface area contributed by atoms with E-state index in [-0.39, 0.29) is 11.6 Å². The predicted molar refractivity (Wildman–Crippen MR) is 77.6 cm³/mol. The summed E-state index contributed by atoms with van der Waals surface area (Å²) in [7, 11) is 0. The number of anilines is 1. The van der Waals surface area contributed by atoms with Crippen molar-refractivity contribution >= 4 is 21.6 Å². The van der Waals surface area contributed by atoms with Crippen LogP contribution < -0.4 is 10.2 Å². The summed E-state index contributed by atoms with van der Waals surface area (Å²) in [6.07, 6.45) is 0.546. The first kappa shape index (κ1) is 13.4. The van der Waals surface area contributed by atoms with Crippen molar-refractivity contribution < 1.29 is 0 Å². The van der Waals surface area contributed by atoms with Gasteiger partial charge in [-0.2, -0.15) is 5.26 Å². The first-order valence-electron chi connectivity index (χ1n) is 6.17. The van der Waals surface area contributed by atoms with Crippen molar-refractivity contribution in [3.8, 4) is 6.07 Å². The van der Waals surface area contributed by atoms with Crippen LogP contribution in [0.25, 0.3) is 0 Å². The molecule has 0 radical (unpaired) electrons. The normalized spacial score (nSPS) is 22.6. The number of halogens is 1. The largest absolute Gasteiger partial charge is 0.363 e. The fourth-order valence-electron chi connectivity index (χ4n) is 2.37. The summed E-state index contributed by atoms with van der Waals surface area (Å²) in [5.41, 5.74) is 1.24. The minimum atomic E-state index is 0.0707. The van der Waals surface area contributed by atoms with Crippen LogP contribution in [0, 0.1) is 11.3 Å². The van der Waals surface area contributed by atoms with Gasteiger partial charge in [0, 0.05) is 23.1 Å². The van der Waals surface area contributed by atoms with Gasteiger partial charge < -0.3 is 10.2 Å². The molecule has 1 atom stereocenters. The monoisotopic (exact) mass is 307 g/mol. The summed E-state index contributed by atoms with van der Waals surface area (Å²) < 4.78 is 1.09. The van der Waals surface area contributed by atoms with E-state index in [1.165, 1.54) is 5.69 Å². The van der Waals surface area contributed by atoms with Crippen LogP contribution in [-0.2, 0) is 0 Å². The number of nitrogens with one attached hydrogen (secondary N) is 1.